The van der Waals surface area contributed by atoms with E-state index in [4.69, 9.17) is 21.3 Å². The Bertz CT molecular complexity index is 1320. The molecule has 9 heteroatoms. The lowest BCUT2D eigenvalue weighted by Crippen LogP contribution is -2.27. The Kier molecular flexibility index (Phi) is 7.82. The molecule has 0 saturated heterocycles. The van der Waals surface area contributed by atoms with Crippen LogP contribution >= 0.6 is 34.7 Å². The van der Waals surface area contributed by atoms with Crippen LogP contribution in [0.3, 0.4) is 0 Å². The van der Waals surface area contributed by atoms with Gasteiger partial charge in [0.25, 0.3) is 5.56 Å². The molecule has 0 spiro atoms. The highest BCUT2D eigenvalue weighted by atomic mass is 35.5. The first-order valence-corrected chi connectivity index (χ1v) is 12.5. The molecular formula is C24H22ClN3O3S2. The third kappa shape index (κ3) is 5.47. The van der Waals surface area contributed by atoms with E-state index in [1.165, 1.54) is 23.1 Å². The van der Waals surface area contributed by atoms with Gasteiger partial charge in [0, 0.05) is 35.2 Å². The molecule has 0 aliphatic carbocycles. The van der Waals surface area contributed by atoms with Crippen LogP contribution in [-0.2, 0) is 22.6 Å². The van der Waals surface area contributed by atoms with Crippen molar-refractivity contribution in [3.8, 4) is 11.1 Å². The van der Waals surface area contributed by atoms with E-state index in [0.29, 0.717) is 40.1 Å². The van der Waals surface area contributed by atoms with Crippen molar-refractivity contribution in [2.75, 3.05) is 19.5 Å². The van der Waals surface area contributed by atoms with Gasteiger partial charge in [0.15, 0.2) is 5.16 Å². The molecule has 1 amide bonds. The lowest BCUT2D eigenvalue weighted by atomic mass is 10.1. The number of nitrogens with one attached hydrogen (secondary N) is 1. The third-order valence-electron chi connectivity index (χ3n) is 5.01. The number of amides is 1. The van der Waals surface area contributed by atoms with Crippen LogP contribution in [0, 0.1) is 0 Å². The van der Waals surface area contributed by atoms with Gasteiger partial charge >= 0.3 is 0 Å². The van der Waals surface area contributed by atoms with Gasteiger partial charge in [-0.15, -0.1) is 11.3 Å². The highest BCUT2D eigenvalue weighted by Gasteiger charge is 2.19. The summed E-state index contributed by atoms with van der Waals surface area (Å²) in [6.07, 6.45) is 0. The number of benzene rings is 2. The molecule has 0 radical (unpaired) electrons. The van der Waals surface area contributed by atoms with Crippen LogP contribution in [0.15, 0.2) is 69.9 Å². The zero-order valence-corrected chi connectivity index (χ0v) is 20.3. The van der Waals surface area contributed by atoms with Crippen molar-refractivity contribution >= 4 is 50.8 Å². The monoisotopic (exact) mass is 499 g/mol. The van der Waals surface area contributed by atoms with E-state index in [0.717, 1.165) is 16.7 Å². The number of methoxy groups -OCH3 is 1. The summed E-state index contributed by atoms with van der Waals surface area (Å²) in [6.45, 7) is 1.14. The maximum absolute atomic E-state index is 13.5. The van der Waals surface area contributed by atoms with Crippen molar-refractivity contribution < 1.29 is 9.53 Å². The average molecular weight is 500 g/mol. The highest BCUT2D eigenvalue weighted by molar-refractivity contribution is 7.99. The Balaban J connectivity index is 1.60. The maximum atomic E-state index is 13.5. The Morgan fingerprint density at radius 2 is 1.91 bits per heavy atom. The molecule has 0 saturated carbocycles. The summed E-state index contributed by atoms with van der Waals surface area (Å²) in [5, 5.41) is 6.41. The number of carbonyl (C=O) groups is 1. The molecule has 0 aliphatic heterocycles. The van der Waals surface area contributed by atoms with Gasteiger partial charge in [-0.05, 0) is 11.6 Å². The van der Waals surface area contributed by atoms with Crippen molar-refractivity contribution in [3.05, 3.63) is 80.9 Å². The van der Waals surface area contributed by atoms with Crippen LogP contribution in [0.4, 0.5) is 0 Å². The van der Waals surface area contributed by atoms with Crippen LogP contribution in [-0.4, -0.2) is 34.9 Å². The number of halogens is 1. The van der Waals surface area contributed by atoms with E-state index in [1.54, 1.807) is 17.7 Å². The molecule has 2 heterocycles. The summed E-state index contributed by atoms with van der Waals surface area (Å²) in [5.41, 5.74) is 2.42. The van der Waals surface area contributed by atoms with Gasteiger partial charge in [0.05, 0.1) is 24.3 Å². The zero-order valence-electron chi connectivity index (χ0n) is 17.9. The Morgan fingerprint density at radius 3 is 2.67 bits per heavy atom. The third-order valence-corrected chi connectivity index (χ3v) is 7.18. The molecular weight excluding hydrogens is 478 g/mol. The molecule has 170 valence electrons. The minimum atomic E-state index is -0.166. The lowest BCUT2D eigenvalue weighted by Gasteiger charge is -2.12. The first-order valence-electron chi connectivity index (χ1n) is 10.3. The summed E-state index contributed by atoms with van der Waals surface area (Å²) in [5.74, 6) is 0.0278. The first-order chi connectivity index (χ1) is 16.1. The van der Waals surface area contributed by atoms with E-state index in [-0.39, 0.29) is 17.2 Å². The average Bonchev–Trinajstić information content (AvgIpc) is 3.26. The van der Waals surface area contributed by atoms with Gasteiger partial charge in [-0.2, -0.15) is 0 Å². The summed E-state index contributed by atoms with van der Waals surface area (Å²) in [6, 6.07) is 17.1. The normalized spacial score (nSPS) is 11.1. The fourth-order valence-electron chi connectivity index (χ4n) is 3.35. The molecule has 0 atom stereocenters. The quantitative estimate of drug-likeness (QED) is 0.264. The number of carbonyl (C=O) groups excluding carboxylic acids is 1. The number of hydrogen-bond acceptors (Lipinski definition) is 6. The number of fused-ring (bicyclic) bond motifs is 1. The van der Waals surface area contributed by atoms with Crippen LogP contribution in [0.25, 0.3) is 21.3 Å². The molecule has 4 aromatic rings. The van der Waals surface area contributed by atoms with Crippen molar-refractivity contribution in [1.29, 1.82) is 0 Å². The SMILES string of the molecule is COCCn1c(SCC(=O)NCc2ccccc2)nc2scc(-c3ccccc3Cl)c2c1=O. The van der Waals surface area contributed by atoms with Gasteiger partial charge in [-0.25, -0.2) is 4.98 Å². The van der Waals surface area contributed by atoms with E-state index in [1.807, 2.05) is 53.9 Å². The maximum Gasteiger partial charge on any atom is 0.263 e. The van der Waals surface area contributed by atoms with Crippen LogP contribution in [0.5, 0.6) is 0 Å². The lowest BCUT2D eigenvalue weighted by molar-refractivity contribution is -0.118. The van der Waals surface area contributed by atoms with E-state index in [2.05, 4.69) is 5.32 Å². The predicted octanol–water partition coefficient (Wildman–Crippen LogP) is 4.83. The molecule has 2 aromatic carbocycles. The van der Waals surface area contributed by atoms with Crippen LogP contribution < -0.4 is 10.9 Å². The van der Waals surface area contributed by atoms with Gasteiger partial charge in [0.2, 0.25) is 5.91 Å². The van der Waals surface area contributed by atoms with Gasteiger partial charge in [-0.3, -0.25) is 14.2 Å². The van der Waals surface area contributed by atoms with E-state index < -0.39 is 0 Å². The number of hydrogen-bond donors (Lipinski definition) is 1. The Labute approximate surface area is 204 Å². The molecule has 1 N–H and O–H groups in total. The summed E-state index contributed by atoms with van der Waals surface area (Å²) in [4.78, 5) is 31.2. The highest BCUT2D eigenvalue weighted by Crippen LogP contribution is 2.35. The van der Waals surface area contributed by atoms with E-state index in [9.17, 15) is 9.59 Å². The van der Waals surface area contributed by atoms with E-state index >= 15 is 0 Å². The second kappa shape index (κ2) is 11.0. The number of thioether (sulfide) groups is 1. The van der Waals surface area contributed by atoms with Crippen molar-refractivity contribution in [1.82, 2.24) is 14.9 Å². The van der Waals surface area contributed by atoms with Crippen LogP contribution in [0.1, 0.15) is 5.56 Å². The number of nitrogens with zero attached hydrogens (tertiary/aromatic N) is 2. The largest absolute Gasteiger partial charge is 0.383 e. The topological polar surface area (TPSA) is 73.2 Å². The van der Waals surface area contributed by atoms with Gasteiger partial charge < -0.3 is 10.1 Å². The molecule has 0 unspecified atom stereocenters. The Morgan fingerprint density at radius 1 is 1.15 bits per heavy atom. The molecule has 2 aromatic heterocycles. The van der Waals surface area contributed by atoms with Crippen molar-refractivity contribution in [3.63, 3.8) is 0 Å². The number of ether oxygens (including phenoxy) is 1. The number of rotatable bonds is 9. The first kappa shape index (κ1) is 23.5. The second-order valence-corrected chi connectivity index (χ2v) is 9.41. The zero-order chi connectivity index (χ0) is 23.2. The minimum absolute atomic E-state index is 0.126. The summed E-state index contributed by atoms with van der Waals surface area (Å²) in [7, 11) is 1.58. The molecule has 4 rings (SSSR count). The second-order valence-electron chi connectivity index (χ2n) is 7.20. The molecule has 0 aliphatic rings. The molecule has 0 fully saturated rings. The predicted molar refractivity (Wildman–Crippen MR) is 135 cm³/mol. The standard InChI is InChI=1S/C24H22ClN3O3S2/c1-31-12-11-28-23(30)21-18(17-9-5-6-10-19(17)25)14-32-22(21)27-24(28)33-15-20(29)26-13-16-7-3-2-4-8-16/h2-10,14H,11-13,15H2,1H3,(H,26,29). The van der Waals surface area contributed by atoms with Crippen molar-refractivity contribution in [2.45, 2.75) is 18.2 Å². The molecule has 6 nitrogen and oxygen atoms in total. The minimum Gasteiger partial charge on any atom is -0.383 e. The van der Waals surface area contributed by atoms with Crippen LogP contribution in [0.2, 0.25) is 5.02 Å². The fourth-order valence-corrected chi connectivity index (χ4v) is 5.42. The fraction of sp³-hybridized carbons (Fsp3) is 0.208. The number of thiophene rings is 1. The van der Waals surface area contributed by atoms with Gasteiger partial charge in [0.1, 0.15) is 4.83 Å². The summed E-state index contributed by atoms with van der Waals surface area (Å²) < 4.78 is 6.78. The number of aromatic nitrogens is 2. The molecule has 0 bridgehead atoms. The summed E-state index contributed by atoms with van der Waals surface area (Å²) >= 11 is 9.02. The smallest absolute Gasteiger partial charge is 0.263 e. The van der Waals surface area contributed by atoms with Gasteiger partial charge in [-0.1, -0.05) is 71.9 Å². The molecule has 33 heavy (non-hydrogen) atoms. The Hall–Kier alpha value is -2.65. The van der Waals surface area contributed by atoms with Crippen molar-refractivity contribution in [2.24, 2.45) is 0 Å².